The SMILES string of the molecule is CN1C(=O)C(NC(=O)Nc2cccc(C(=O)O)c2)(C2CCCCC2)N=Cc2ccccc21. The van der Waals surface area contributed by atoms with E-state index in [0.29, 0.717) is 5.69 Å². The molecule has 1 unspecified atom stereocenters. The maximum atomic E-state index is 13.8. The van der Waals surface area contributed by atoms with E-state index in [1.807, 2.05) is 24.3 Å². The minimum atomic E-state index is -1.44. The highest BCUT2D eigenvalue weighted by Crippen LogP contribution is 2.37. The van der Waals surface area contributed by atoms with Crippen LogP contribution < -0.4 is 15.5 Å². The van der Waals surface area contributed by atoms with Crippen LogP contribution in [0.15, 0.2) is 53.5 Å². The Morgan fingerprint density at radius 3 is 2.59 bits per heavy atom. The first kappa shape index (κ1) is 21.5. The average molecular weight is 434 g/mol. The largest absolute Gasteiger partial charge is 0.478 e. The molecule has 3 N–H and O–H groups in total. The number of para-hydroxylation sites is 1. The molecule has 8 nitrogen and oxygen atoms in total. The van der Waals surface area contributed by atoms with Crippen LogP contribution in [0.3, 0.4) is 0 Å². The molecule has 8 heteroatoms. The second kappa shape index (κ2) is 8.82. The predicted molar refractivity (Wildman–Crippen MR) is 122 cm³/mol. The number of amides is 3. The molecule has 32 heavy (non-hydrogen) atoms. The lowest BCUT2D eigenvalue weighted by molar-refractivity contribution is -0.126. The van der Waals surface area contributed by atoms with Gasteiger partial charge in [-0.15, -0.1) is 0 Å². The number of anilines is 2. The lowest BCUT2D eigenvalue weighted by Gasteiger charge is -2.40. The van der Waals surface area contributed by atoms with Gasteiger partial charge >= 0.3 is 12.0 Å². The fraction of sp³-hybridized carbons (Fsp3) is 0.333. The van der Waals surface area contributed by atoms with E-state index in [9.17, 15) is 19.5 Å². The van der Waals surface area contributed by atoms with E-state index in [4.69, 9.17) is 4.99 Å². The Morgan fingerprint density at radius 2 is 1.84 bits per heavy atom. The molecular formula is C24H26N4O4. The molecule has 4 rings (SSSR count). The van der Waals surface area contributed by atoms with Crippen LogP contribution in [-0.4, -0.2) is 41.9 Å². The zero-order valence-electron chi connectivity index (χ0n) is 17.9. The number of fused-ring (bicyclic) bond motifs is 1. The van der Waals surface area contributed by atoms with Crippen LogP contribution in [0.25, 0.3) is 0 Å². The third kappa shape index (κ3) is 4.08. The normalized spacial score (nSPS) is 20.9. The quantitative estimate of drug-likeness (QED) is 0.678. The Hall–Kier alpha value is -3.68. The van der Waals surface area contributed by atoms with Crippen molar-refractivity contribution in [1.29, 1.82) is 0 Å². The summed E-state index contributed by atoms with van der Waals surface area (Å²) in [6.07, 6.45) is 6.25. The number of carbonyl (C=O) groups is 3. The summed E-state index contributed by atoms with van der Waals surface area (Å²) in [5, 5.41) is 14.7. The number of hydrogen-bond donors (Lipinski definition) is 3. The van der Waals surface area contributed by atoms with Crippen LogP contribution in [-0.2, 0) is 4.79 Å². The highest BCUT2D eigenvalue weighted by molar-refractivity contribution is 6.09. The van der Waals surface area contributed by atoms with Crippen LogP contribution in [0.2, 0.25) is 0 Å². The number of likely N-dealkylation sites (N-methyl/N-ethyl adjacent to an activating group) is 1. The number of urea groups is 1. The number of nitrogens with zero attached hydrogens (tertiary/aromatic N) is 2. The van der Waals surface area contributed by atoms with Crippen LogP contribution in [0, 0.1) is 5.92 Å². The maximum Gasteiger partial charge on any atom is 0.335 e. The van der Waals surface area contributed by atoms with Gasteiger partial charge in [0.05, 0.1) is 11.3 Å². The van der Waals surface area contributed by atoms with Crippen LogP contribution in [0.1, 0.15) is 48.0 Å². The molecule has 0 spiro atoms. The molecule has 1 atom stereocenters. The van der Waals surface area contributed by atoms with Gasteiger partial charge in [-0.25, -0.2) is 9.59 Å². The van der Waals surface area contributed by atoms with Crippen molar-refractivity contribution >= 4 is 35.5 Å². The Labute approximate surface area is 186 Å². The fourth-order valence-electron chi connectivity index (χ4n) is 4.55. The van der Waals surface area contributed by atoms with Crippen LogP contribution >= 0.6 is 0 Å². The van der Waals surface area contributed by atoms with E-state index in [-0.39, 0.29) is 17.4 Å². The molecule has 1 heterocycles. The van der Waals surface area contributed by atoms with Gasteiger partial charge in [0.2, 0.25) is 5.66 Å². The molecule has 2 aliphatic rings. The molecule has 1 aliphatic heterocycles. The summed E-state index contributed by atoms with van der Waals surface area (Å²) in [7, 11) is 1.70. The van der Waals surface area contributed by atoms with E-state index in [2.05, 4.69) is 10.6 Å². The zero-order valence-corrected chi connectivity index (χ0v) is 17.9. The summed E-state index contributed by atoms with van der Waals surface area (Å²) in [6, 6.07) is 12.8. The van der Waals surface area contributed by atoms with Gasteiger partial charge in [-0.2, -0.15) is 0 Å². The van der Waals surface area contributed by atoms with E-state index in [1.54, 1.807) is 30.3 Å². The van der Waals surface area contributed by atoms with Gasteiger partial charge in [0.25, 0.3) is 5.91 Å². The van der Waals surface area contributed by atoms with E-state index in [0.717, 1.165) is 43.4 Å². The molecular weight excluding hydrogens is 408 g/mol. The van der Waals surface area contributed by atoms with E-state index in [1.165, 1.54) is 12.1 Å². The molecule has 3 amide bonds. The Bertz CT molecular complexity index is 1080. The average Bonchev–Trinajstić information content (AvgIpc) is 2.91. The number of nitrogens with one attached hydrogen (secondary N) is 2. The van der Waals surface area contributed by atoms with Crippen molar-refractivity contribution in [2.45, 2.75) is 37.8 Å². The molecule has 1 aliphatic carbocycles. The number of carboxylic acid groups (broad SMARTS) is 1. The van der Waals surface area contributed by atoms with Crippen molar-refractivity contribution in [3.8, 4) is 0 Å². The Kier molecular flexibility index (Phi) is 5.94. The Morgan fingerprint density at radius 1 is 1.09 bits per heavy atom. The number of carbonyl (C=O) groups excluding carboxylic acids is 2. The maximum absolute atomic E-state index is 13.8. The highest BCUT2D eigenvalue weighted by atomic mass is 16.4. The molecule has 1 saturated carbocycles. The third-order valence-corrected chi connectivity index (χ3v) is 6.20. The summed E-state index contributed by atoms with van der Waals surface area (Å²) in [4.78, 5) is 44.3. The van der Waals surface area contributed by atoms with E-state index >= 15 is 0 Å². The van der Waals surface area contributed by atoms with Gasteiger partial charge in [-0.05, 0) is 37.1 Å². The Balaban J connectivity index is 1.67. The van der Waals surface area contributed by atoms with Crippen molar-refractivity contribution in [2.75, 3.05) is 17.3 Å². The van der Waals surface area contributed by atoms with Crippen molar-refractivity contribution in [1.82, 2.24) is 5.32 Å². The highest BCUT2D eigenvalue weighted by Gasteiger charge is 2.49. The molecule has 0 aromatic heterocycles. The number of benzene rings is 2. The lowest BCUT2D eigenvalue weighted by atomic mass is 9.79. The molecule has 2 aromatic carbocycles. The number of hydrogen-bond acceptors (Lipinski definition) is 4. The second-order valence-corrected chi connectivity index (χ2v) is 8.25. The van der Waals surface area contributed by atoms with Gasteiger partial charge in [-0.1, -0.05) is 43.5 Å². The first-order chi connectivity index (χ1) is 15.4. The predicted octanol–water partition coefficient (Wildman–Crippen LogP) is 3.88. The van der Waals surface area contributed by atoms with E-state index < -0.39 is 17.7 Å². The summed E-state index contributed by atoms with van der Waals surface area (Å²) in [6.45, 7) is 0. The standard InChI is InChI=1S/C24H26N4O4/c1-28-20-13-6-5-8-17(20)15-25-24(22(28)31,18-10-3-2-4-11-18)27-23(32)26-19-12-7-9-16(14-19)21(29)30/h5-9,12-15,18H,2-4,10-11H2,1H3,(H,29,30)(H2,26,27,32). The van der Waals surface area contributed by atoms with Crippen molar-refractivity contribution in [3.05, 3.63) is 59.7 Å². The number of rotatable bonds is 4. The third-order valence-electron chi connectivity index (χ3n) is 6.20. The van der Waals surface area contributed by atoms with Crippen molar-refractivity contribution in [2.24, 2.45) is 10.9 Å². The number of aliphatic imine (C=N–C) groups is 1. The van der Waals surface area contributed by atoms with Gasteiger partial charge in [-0.3, -0.25) is 9.79 Å². The molecule has 2 aromatic rings. The summed E-state index contributed by atoms with van der Waals surface area (Å²) >= 11 is 0. The number of carboxylic acids is 1. The summed E-state index contributed by atoms with van der Waals surface area (Å²) < 4.78 is 0. The second-order valence-electron chi connectivity index (χ2n) is 8.25. The van der Waals surface area contributed by atoms with Crippen molar-refractivity contribution in [3.63, 3.8) is 0 Å². The van der Waals surface area contributed by atoms with Crippen molar-refractivity contribution < 1.29 is 19.5 Å². The minimum absolute atomic E-state index is 0.0588. The van der Waals surface area contributed by atoms with Gasteiger partial charge in [0.15, 0.2) is 0 Å². The molecule has 0 saturated heterocycles. The van der Waals surface area contributed by atoms with Gasteiger partial charge in [0.1, 0.15) is 0 Å². The first-order valence-corrected chi connectivity index (χ1v) is 10.8. The topological polar surface area (TPSA) is 111 Å². The monoisotopic (exact) mass is 434 g/mol. The number of benzodiazepines with no additional fused rings is 1. The minimum Gasteiger partial charge on any atom is -0.478 e. The summed E-state index contributed by atoms with van der Waals surface area (Å²) in [5.74, 6) is -1.52. The lowest BCUT2D eigenvalue weighted by Crippen LogP contribution is -2.63. The van der Waals surface area contributed by atoms with Crippen LogP contribution in [0.5, 0.6) is 0 Å². The molecule has 0 radical (unpaired) electrons. The molecule has 1 fully saturated rings. The zero-order chi connectivity index (χ0) is 22.7. The number of aromatic carboxylic acids is 1. The molecule has 0 bridgehead atoms. The summed E-state index contributed by atoms with van der Waals surface area (Å²) in [5.41, 5.74) is 0.474. The van der Waals surface area contributed by atoms with Crippen LogP contribution in [0.4, 0.5) is 16.2 Å². The first-order valence-electron chi connectivity index (χ1n) is 10.8. The van der Waals surface area contributed by atoms with Gasteiger partial charge < -0.3 is 20.6 Å². The molecule has 166 valence electrons. The van der Waals surface area contributed by atoms with Gasteiger partial charge in [0, 0.05) is 30.4 Å². The smallest absolute Gasteiger partial charge is 0.335 e. The fourth-order valence-corrected chi connectivity index (χ4v) is 4.55.